The van der Waals surface area contributed by atoms with E-state index in [1.807, 2.05) is 31.2 Å². The molecule has 1 saturated carbocycles. The van der Waals surface area contributed by atoms with E-state index in [9.17, 15) is 4.79 Å². The summed E-state index contributed by atoms with van der Waals surface area (Å²) in [4.78, 5) is 32.2. The van der Waals surface area contributed by atoms with Gasteiger partial charge in [0.1, 0.15) is 5.44 Å². The largest absolute Gasteiger partial charge is 0.335 e. The van der Waals surface area contributed by atoms with E-state index in [1.165, 1.54) is 6.42 Å². The number of fused-ring (bicyclic) bond motifs is 3. The van der Waals surface area contributed by atoms with Crippen molar-refractivity contribution in [3.63, 3.8) is 0 Å². The van der Waals surface area contributed by atoms with Gasteiger partial charge in [0.15, 0.2) is 11.9 Å². The first-order valence-electron chi connectivity index (χ1n) is 12.4. The number of aromatic amines is 1. The molecule has 34 heavy (non-hydrogen) atoms. The Hall–Kier alpha value is -1.65. The molecule has 9 heteroatoms. The summed E-state index contributed by atoms with van der Waals surface area (Å²) >= 11 is 1.69. The predicted octanol–water partition coefficient (Wildman–Crippen LogP) is 4.83. The van der Waals surface area contributed by atoms with E-state index in [-0.39, 0.29) is 17.3 Å². The lowest BCUT2D eigenvalue weighted by Crippen LogP contribution is -2.70. The van der Waals surface area contributed by atoms with Gasteiger partial charge in [-0.3, -0.25) is 10.1 Å². The molecule has 4 saturated heterocycles. The van der Waals surface area contributed by atoms with Crippen LogP contribution in [0.4, 0.5) is 5.95 Å². The highest BCUT2D eigenvalue weighted by atomic mass is 32.2. The molecule has 2 bridgehead atoms. The predicted molar refractivity (Wildman–Crippen MR) is 129 cm³/mol. The highest BCUT2D eigenvalue weighted by Crippen LogP contribution is 2.61. The van der Waals surface area contributed by atoms with Crippen LogP contribution in [0, 0.1) is 23.7 Å². The molecule has 1 aromatic heterocycles. The lowest BCUT2D eigenvalue weighted by atomic mass is 9.58. The standard InChI is InChI=1S/C25H33N3O5S/c1-14-8-9-17-15(2)21(30-22-25(17)16(14)10-12-24(3,31-22)32-33-25)34-13-11-20(29)28-23-26-18-6-4-5-7-19(18)27-23/h4-7,14-17,21-22H,8-13H2,1-3H3,(H2,26,27,28,29)/t14-,15-,16+,17+,21+,22-,24-,25-/m1/s1. The fraction of sp³-hybridized carbons (Fsp3) is 0.680. The van der Waals surface area contributed by atoms with Crippen LogP contribution in [-0.2, 0) is 24.0 Å². The number of carbonyl (C=O) groups excluding carboxylic acids is 1. The van der Waals surface area contributed by atoms with Crippen molar-refractivity contribution in [3.8, 4) is 0 Å². The topological polar surface area (TPSA) is 94.7 Å². The number of rotatable bonds is 5. The van der Waals surface area contributed by atoms with Gasteiger partial charge in [-0.15, -0.1) is 11.8 Å². The van der Waals surface area contributed by atoms with Gasteiger partial charge >= 0.3 is 0 Å². The maximum absolute atomic E-state index is 12.6. The van der Waals surface area contributed by atoms with Gasteiger partial charge in [0.05, 0.1) is 11.0 Å². The second-order valence-electron chi connectivity index (χ2n) is 10.5. The fourth-order valence-electron chi connectivity index (χ4n) is 6.54. The molecule has 1 amide bonds. The highest BCUT2D eigenvalue weighted by Gasteiger charge is 2.69. The van der Waals surface area contributed by atoms with Gasteiger partial charge in [0.25, 0.3) is 0 Å². The number of hydrogen-bond donors (Lipinski definition) is 2. The third kappa shape index (κ3) is 3.67. The number of thioether (sulfide) groups is 1. The van der Waals surface area contributed by atoms with Crippen molar-refractivity contribution in [2.24, 2.45) is 23.7 Å². The molecular formula is C25H33N3O5S. The summed E-state index contributed by atoms with van der Waals surface area (Å²) in [5, 5.41) is 2.88. The first kappa shape index (κ1) is 22.8. The minimum absolute atomic E-state index is 0.0553. The van der Waals surface area contributed by atoms with Gasteiger partial charge < -0.3 is 14.5 Å². The van der Waals surface area contributed by atoms with Crippen LogP contribution in [-0.4, -0.2) is 44.7 Å². The molecule has 5 heterocycles. The molecule has 0 unspecified atom stereocenters. The number of para-hydroxylation sites is 2. The van der Waals surface area contributed by atoms with Crippen LogP contribution in [0.1, 0.15) is 52.9 Å². The summed E-state index contributed by atoms with van der Waals surface area (Å²) in [6, 6.07) is 7.72. The summed E-state index contributed by atoms with van der Waals surface area (Å²) < 4.78 is 13.0. The van der Waals surface area contributed by atoms with Gasteiger partial charge in [-0.05, 0) is 56.1 Å². The quantitative estimate of drug-likeness (QED) is 0.583. The number of carbonyl (C=O) groups is 1. The first-order chi connectivity index (χ1) is 16.4. The van der Waals surface area contributed by atoms with Gasteiger partial charge in [-0.1, -0.05) is 26.0 Å². The molecule has 4 aliphatic heterocycles. The van der Waals surface area contributed by atoms with Crippen LogP contribution in [0.2, 0.25) is 0 Å². The van der Waals surface area contributed by atoms with Crippen molar-refractivity contribution >= 4 is 34.7 Å². The molecule has 0 radical (unpaired) electrons. The normalized spacial score (nSPS) is 41.1. The van der Waals surface area contributed by atoms with Crippen LogP contribution >= 0.6 is 11.8 Å². The van der Waals surface area contributed by atoms with Crippen LogP contribution < -0.4 is 5.32 Å². The number of anilines is 1. The average molecular weight is 488 g/mol. The second kappa shape index (κ2) is 8.48. The zero-order valence-electron chi connectivity index (χ0n) is 19.9. The molecule has 1 aliphatic carbocycles. The van der Waals surface area contributed by atoms with Crippen molar-refractivity contribution < 1.29 is 24.0 Å². The van der Waals surface area contributed by atoms with Crippen molar-refractivity contribution in [1.29, 1.82) is 0 Å². The molecule has 5 fully saturated rings. The van der Waals surface area contributed by atoms with Crippen molar-refractivity contribution in [2.75, 3.05) is 11.1 Å². The summed E-state index contributed by atoms with van der Waals surface area (Å²) in [5.41, 5.74) is 1.15. The Bertz CT molecular complexity index is 1050. The summed E-state index contributed by atoms with van der Waals surface area (Å²) in [6.07, 6.45) is 4.04. The Morgan fingerprint density at radius 3 is 2.91 bits per heavy atom. The van der Waals surface area contributed by atoms with Crippen LogP contribution in [0.3, 0.4) is 0 Å². The second-order valence-corrected chi connectivity index (χ2v) is 11.8. The molecule has 2 aromatic rings. The van der Waals surface area contributed by atoms with Crippen LogP contribution in [0.5, 0.6) is 0 Å². The Morgan fingerprint density at radius 1 is 1.21 bits per heavy atom. The zero-order valence-corrected chi connectivity index (χ0v) is 20.7. The maximum atomic E-state index is 12.6. The van der Waals surface area contributed by atoms with E-state index >= 15 is 0 Å². The lowest BCUT2D eigenvalue weighted by Gasteiger charge is -2.60. The van der Waals surface area contributed by atoms with E-state index in [4.69, 9.17) is 19.2 Å². The molecular weight excluding hydrogens is 454 g/mol. The van der Waals surface area contributed by atoms with Gasteiger partial charge in [-0.2, -0.15) is 0 Å². The molecule has 8 nitrogen and oxygen atoms in total. The van der Waals surface area contributed by atoms with E-state index in [0.29, 0.717) is 35.9 Å². The minimum Gasteiger partial charge on any atom is -0.335 e. The summed E-state index contributed by atoms with van der Waals surface area (Å²) in [5.74, 6) is 1.79. The number of H-pyrrole nitrogens is 1. The Labute approximate surface area is 203 Å². The maximum Gasteiger partial charge on any atom is 0.227 e. The average Bonchev–Trinajstić information content (AvgIpc) is 3.08. The van der Waals surface area contributed by atoms with E-state index in [2.05, 4.69) is 29.1 Å². The van der Waals surface area contributed by atoms with Crippen LogP contribution in [0.25, 0.3) is 11.0 Å². The van der Waals surface area contributed by atoms with E-state index in [0.717, 1.165) is 30.3 Å². The molecule has 1 spiro atoms. The molecule has 2 N–H and O–H groups in total. The van der Waals surface area contributed by atoms with Crippen molar-refractivity contribution in [3.05, 3.63) is 24.3 Å². The number of hydrogen-bond acceptors (Lipinski definition) is 7. The number of imidazole rings is 1. The molecule has 1 aromatic carbocycles. The van der Waals surface area contributed by atoms with Gasteiger partial charge in [-0.25, -0.2) is 14.8 Å². The smallest absolute Gasteiger partial charge is 0.227 e. The van der Waals surface area contributed by atoms with Crippen LogP contribution in [0.15, 0.2) is 24.3 Å². The zero-order chi connectivity index (χ0) is 23.5. The van der Waals surface area contributed by atoms with Gasteiger partial charge in [0.2, 0.25) is 17.6 Å². The first-order valence-corrected chi connectivity index (χ1v) is 13.5. The molecule has 8 atom stereocenters. The summed E-state index contributed by atoms with van der Waals surface area (Å²) in [6.45, 7) is 6.52. The Balaban J connectivity index is 1.11. The SMILES string of the molecule is C[C@H]1[C@H](SCCC(=O)Nc2nc3ccccc3[nH]2)O[C@@H]2O[C@@]3(C)CC[C@H]4[C@H](C)CC[C@@H]1[C@@]24OO3. The monoisotopic (exact) mass is 487 g/mol. The number of aromatic nitrogens is 2. The van der Waals surface area contributed by atoms with Crippen molar-refractivity contribution in [1.82, 2.24) is 9.97 Å². The van der Waals surface area contributed by atoms with Crippen molar-refractivity contribution in [2.45, 2.75) is 76.0 Å². The van der Waals surface area contributed by atoms with Gasteiger partial charge in [0, 0.05) is 24.5 Å². The lowest BCUT2D eigenvalue weighted by molar-refractivity contribution is -0.568. The third-order valence-electron chi connectivity index (χ3n) is 8.36. The van der Waals surface area contributed by atoms with E-state index in [1.54, 1.807) is 11.8 Å². The van der Waals surface area contributed by atoms with E-state index < -0.39 is 17.7 Å². The number of benzene rings is 1. The number of ether oxygens (including phenoxy) is 2. The highest BCUT2D eigenvalue weighted by molar-refractivity contribution is 7.99. The Morgan fingerprint density at radius 2 is 2.06 bits per heavy atom. The molecule has 7 rings (SSSR count). The minimum atomic E-state index is -0.764. The Kier molecular flexibility index (Phi) is 5.69. The molecule has 5 aliphatic rings. The molecule has 184 valence electrons. The summed E-state index contributed by atoms with van der Waals surface area (Å²) in [7, 11) is 0. The number of nitrogens with zero attached hydrogens (tertiary/aromatic N) is 1. The third-order valence-corrected chi connectivity index (χ3v) is 9.66. The number of amides is 1. The number of nitrogens with one attached hydrogen (secondary N) is 2. The fourth-order valence-corrected chi connectivity index (χ4v) is 7.75.